The van der Waals surface area contributed by atoms with Crippen LogP contribution in [0.5, 0.6) is 11.5 Å². The lowest BCUT2D eigenvalue weighted by Crippen LogP contribution is -2.27. The molecule has 26 heavy (non-hydrogen) atoms. The fourth-order valence-corrected chi connectivity index (χ4v) is 2.59. The number of carbonyl (C=O) groups excluding carboxylic acids is 2. The molecular formula is C17H18N2O6S. The highest BCUT2D eigenvalue weighted by molar-refractivity contribution is 7.84. The number of nitrogens with two attached hydrogens (primary N) is 1. The van der Waals surface area contributed by atoms with Crippen LogP contribution in [0.25, 0.3) is 0 Å². The smallest absolute Gasteiger partial charge is 0.380 e. The standard InChI is InChI=1S/C17H18N2O6S/c1-12(20)19(15-5-9-16(10-6-15)24-13(2)21)11-14-3-7-17(8-4-14)25-26(18,22)23/h3-10H,11H2,1-2H3,(H2,18,22,23). The van der Waals surface area contributed by atoms with Gasteiger partial charge in [-0.2, -0.15) is 13.6 Å². The first-order valence-corrected chi connectivity index (χ1v) is 8.99. The molecular weight excluding hydrogens is 360 g/mol. The van der Waals surface area contributed by atoms with E-state index >= 15 is 0 Å². The lowest BCUT2D eigenvalue weighted by molar-refractivity contribution is -0.131. The van der Waals surface area contributed by atoms with E-state index in [2.05, 4.69) is 4.18 Å². The summed E-state index contributed by atoms with van der Waals surface area (Å²) in [5.41, 5.74) is 1.38. The summed E-state index contributed by atoms with van der Waals surface area (Å²) in [4.78, 5) is 24.5. The molecule has 0 unspecified atom stereocenters. The van der Waals surface area contributed by atoms with Crippen LogP contribution in [0, 0.1) is 0 Å². The number of nitrogens with zero attached hydrogens (tertiary/aromatic N) is 1. The molecule has 0 saturated heterocycles. The highest BCUT2D eigenvalue weighted by Gasteiger charge is 2.13. The molecule has 2 N–H and O–H groups in total. The predicted octanol–water partition coefficient (Wildman–Crippen LogP) is 1.75. The van der Waals surface area contributed by atoms with Gasteiger partial charge in [0, 0.05) is 19.5 Å². The Morgan fingerprint density at radius 1 is 0.962 bits per heavy atom. The third-order valence-corrected chi connectivity index (χ3v) is 3.69. The maximum Gasteiger partial charge on any atom is 0.380 e. The first-order valence-electron chi connectivity index (χ1n) is 7.52. The summed E-state index contributed by atoms with van der Waals surface area (Å²) in [6, 6.07) is 12.7. The Kier molecular flexibility index (Phi) is 5.96. The number of esters is 1. The maximum absolute atomic E-state index is 12.0. The molecule has 0 aliphatic carbocycles. The van der Waals surface area contributed by atoms with Gasteiger partial charge in [0.2, 0.25) is 5.91 Å². The summed E-state index contributed by atoms with van der Waals surface area (Å²) in [5, 5.41) is 4.81. The first-order chi connectivity index (χ1) is 12.1. The Bertz CT molecular complexity index is 892. The zero-order chi connectivity index (χ0) is 19.3. The van der Waals surface area contributed by atoms with Crippen LogP contribution in [0.1, 0.15) is 19.4 Å². The van der Waals surface area contributed by atoms with E-state index in [1.807, 2.05) is 0 Å². The topological polar surface area (TPSA) is 116 Å². The Balaban J connectivity index is 2.15. The third-order valence-electron chi connectivity index (χ3n) is 3.27. The molecule has 138 valence electrons. The van der Waals surface area contributed by atoms with Gasteiger partial charge in [-0.3, -0.25) is 9.59 Å². The molecule has 2 aromatic rings. The Hall–Kier alpha value is -2.91. The second kappa shape index (κ2) is 7.98. The second-order valence-corrected chi connectivity index (χ2v) is 6.57. The molecule has 0 fully saturated rings. The Morgan fingerprint density at radius 3 is 1.96 bits per heavy atom. The number of hydrogen-bond donors (Lipinski definition) is 1. The quantitative estimate of drug-likeness (QED) is 0.605. The molecule has 0 heterocycles. The number of hydrogen-bond acceptors (Lipinski definition) is 6. The summed E-state index contributed by atoms with van der Waals surface area (Å²) in [7, 11) is -4.08. The van der Waals surface area contributed by atoms with Gasteiger partial charge in [0.05, 0.1) is 6.54 Å². The van der Waals surface area contributed by atoms with Crippen LogP contribution in [0.2, 0.25) is 0 Å². The Morgan fingerprint density at radius 2 is 1.50 bits per heavy atom. The first kappa shape index (κ1) is 19.4. The highest BCUT2D eigenvalue weighted by Crippen LogP contribution is 2.22. The molecule has 0 spiro atoms. The van der Waals surface area contributed by atoms with E-state index in [0.29, 0.717) is 11.4 Å². The number of carbonyl (C=O) groups is 2. The molecule has 0 saturated carbocycles. The molecule has 0 aliphatic rings. The predicted molar refractivity (Wildman–Crippen MR) is 94.8 cm³/mol. The van der Waals surface area contributed by atoms with Gasteiger partial charge in [0.25, 0.3) is 0 Å². The lowest BCUT2D eigenvalue weighted by Gasteiger charge is -2.21. The van der Waals surface area contributed by atoms with Crippen molar-refractivity contribution in [3.05, 3.63) is 54.1 Å². The van der Waals surface area contributed by atoms with Gasteiger partial charge in [-0.15, -0.1) is 0 Å². The monoisotopic (exact) mass is 378 g/mol. The highest BCUT2D eigenvalue weighted by atomic mass is 32.2. The zero-order valence-electron chi connectivity index (χ0n) is 14.2. The van der Waals surface area contributed by atoms with Crippen LogP contribution in [0.3, 0.4) is 0 Å². The van der Waals surface area contributed by atoms with Gasteiger partial charge in [-0.25, -0.2) is 0 Å². The van der Waals surface area contributed by atoms with E-state index in [1.165, 1.54) is 30.9 Å². The fourth-order valence-electron chi connectivity index (χ4n) is 2.21. The van der Waals surface area contributed by atoms with Crippen LogP contribution >= 0.6 is 0 Å². The normalized spacial score (nSPS) is 10.9. The van der Waals surface area contributed by atoms with E-state index < -0.39 is 16.3 Å². The summed E-state index contributed by atoms with van der Waals surface area (Å²) >= 11 is 0. The number of amides is 1. The summed E-state index contributed by atoms with van der Waals surface area (Å²) in [6.45, 7) is 3.00. The summed E-state index contributed by atoms with van der Waals surface area (Å²) in [5.74, 6) is -0.149. The second-order valence-electron chi connectivity index (χ2n) is 5.41. The number of benzene rings is 2. The average molecular weight is 378 g/mol. The largest absolute Gasteiger partial charge is 0.427 e. The minimum absolute atomic E-state index is 0.0800. The van der Waals surface area contributed by atoms with Crippen molar-refractivity contribution in [1.29, 1.82) is 0 Å². The SMILES string of the molecule is CC(=O)Oc1ccc(N(Cc2ccc(OS(N)(=O)=O)cc2)C(C)=O)cc1. The number of anilines is 1. The van der Waals surface area contributed by atoms with Crippen LogP contribution in [-0.2, 0) is 26.4 Å². The van der Waals surface area contributed by atoms with E-state index in [9.17, 15) is 18.0 Å². The van der Waals surface area contributed by atoms with Gasteiger partial charge >= 0.3 is 16.3 Å². The number of ether oxygens (including phenoxy) is 1. The van der Waals surface area contributed by atoms with Gasteiger partial charge in [-0.1, -0.05) is 12.1 Å². The summed E-state index contributed by atoms with van der Waals surface area (Å²) in [6.07, 6.45) is 0. The van der Waals surface area contributed by atoms with Crippen molar-refractivity contribution < 1.29 is 26.9 Å². The van der Waals surface area contributed by atoms with Crippen molar-refractivity contribution in [2.24, 2.45) is 5.14 Å². The van der Waals surface area contributed by atoms with Gasteiger partial charge in [0.1, 0.15) is 11.5 Å². The third kappa shape index (κ3) is 5.87. The Labute approximate surface area is 151 Å². The van der Waals surface area contributed by atoms with Crippen molar-refractivity contribution in [3.63, 3.8) is 0 Å². The van der Waals surface area contributed by atoms with Gasteiger partial charge in [0.15, 0.2) is 0 Å². The molecule has 0 bridgehead atoms. The molecule has 9 heteroatoms. The van der Waals surface area contributed by atoms with E-state index in [1.54, 1.807) is 36.4 Å². The van der Waals surface area contributed by atoms with Crippen molar-refractivity contribution >= 4 is 27.9 Å². The molecule has 8 nitrogen and oxygen atoms in total. The molecule has 2 rings (SSSR count). The molecule has 0 radical (unpaired) electrons. The zero-order valence-corrected chi connectivity index (χ0v) is 15.0. The minimum Gasteiger partial charge on any atom is -0.427 e. The average Bonchev–Trinajstić information content (AvgIpc) is 2.53. The summed E-state index contributed by atoms with van der Waals surface area (Å²) < 4.78 is 31.3. The van der Waals surface area contributed by atoms with E-state index in [0.717, 1.165) is 5.56 Å². The molecule has 0 aromatic heterocycles. The van der Waals surface area contributed by atoms with Crippen LogP contribution in [0.15, 0.2) is 48.5 Å². The maximum atomic E-state index is 12.0. The van der Waals surface area contributed by atoms with Crippen molar-refractivity contribution in [2.75, 3.05) is 4.90 Å². The van der Waals surface area contributed by atoms with Crippen molar-refractivity contribution in [1.82, 2.24) is 0 Å². The van der Waals surface area contributed by atoms with Crippen LogP contribution in [0.4, 0.5) is 5.69 Å². The van der Waals surface area contributed by atoms with E-state index in [4.69, 9.17) is 9.88 Å². The molecule has 0 atom stereocenters. The van der Waals surface area contributed by atoms with Crippen molar-refractivity contribution in [2.45, 2.75) is 20.4 Å². The number of rotatable bonds is 6. The minimum atomic E-state index is -4.08. The fraction of sp³-hybridized carbons (Fsp3) is 0.176. The van der Waals surface area contributed by atoms with Gasteiger partial charge in [-0.05, 0) is 42.0 Å². The van der Waals surface area contributed by atoms with Gasteiger partial charge < -0.3 is 13.8 Å². The molecule has 0 aliphatic heterocycles. The van der Waals surface area contributed by atoms with Crippen molar-refractivity contribution in [3.8, 4) is 11.5 Å². The molecule has 1 amide bonds. The van der Waals surface area contributed by atoms with Crippen LogP contribution in [-0.4, -0.2) is 20.3 Å². The van der Waals surface area contributed by atoms with Crippen LogP contribution < -0.4 is 19.0 Å². The lowest BCUT2D eigenvalue weighted by atomic mass is 10.2. The molecule has 2 aromatic carbocycles. The van der Waals surface area contributed by atoms with E-state index in [-0.39, 0.29) is 18.2 Å².